The molecular weight excluding hydrogens is 281 g/mol. The lowest BCUT2D eigenvalue weighted by molar-refractivity contribution is -0.119. The van der Waals surface area contributed by atoms with Crippen LogP contribution in [0.15, 0.2) is 18.2 Å². The van der Waals surface area contributed by atoms with E-state index < -0.39 is 27.5 Å². The van der Waals surface area contributed by atoms with Crippen LogP contribution in [0, 0.1) is 11.7 Å². The van der Waals surface area contributed by atoms with Gasteiger partial charge in [0.05, 0.1) is 28.1 Å². The van der Waals surface area contributed by atoms with Crippen LogP contribution in [0.3, 0.4) is 0 Å². The van der Waals surface area contributed by atoms with Crippen molar-refractivity contribution in [2.75, 3.05) is 16.8 Å². The zero-order valence-corrected chi connectivity index (χ0v) is 10.9. The normalized spacial score (nSPS) is 21.8. The molecule has 0 aliphatic carbocycles. The van der Waals surface area contributed by atoms with Gasteiger partial charge in [-0.15, -0.1) is 0 Å². The molecule has 0 saturated carbocycles. The van der Waals surface area contributed by atoms with Crippen LogP contribution in [0.25, 0.3) is 0 Å². The topological polar surface area (TPSA) is 63.2 Å². The van der Waals surface area contributed by atoms with Crippen LogP contribution in [0.4, 0.5) is 10.1 Å². The van der Waals surface area contributed by atoms with Gasteiger partial charge in [0, 0.05) is 0 Å². The number of hydrogen-bond donors (Lipinski definition) is 1. The molecule has 2 rings (SSSR count). The van der Waals surface area contributed by atoms with Gasteiger partial charge in [0.1, 0.15) is 0 Å². The first kappa shape index (κ1) is 13.3. The Bertz CT molecular complexity index is 588. The van der Waals surface area contributed by atoms with Crippen molar-refractivity contribution < 1.29 is 17.6 Å². The maximum absolute atomic E-state index is 13.5. The second-order valence-electron chi connectivity index (χ2n) is 4.19. The molecule has 1 aromatic rings. The van der Waals surface area contributed by atoms with Crippen molar-refractivity contribution >= 4 is 33.0 Å². The smallest absolute Gasteiger partial charge is 0.228 e. The highest BCUT2D eigenvalue weighted by molar-refractivity contribution is 7.91. The summed E-state index contributed by atoms with van der Waals surface area (Å²) in [5.74, 6) is -2.00. The third-order valence-corrected chi connectivity index (χ3v) is 4.87. The van der Waals surface area contributed by atoms with Gasteiger partial charge in [-0.05, 0) is 18.6 Å². The highest BCUT2D eigenvalue weighted by Gasteiger charge is 2.33. The molecule has 1 atom stereocenters. The Labute approximate surface area is 109 Å². The Hall–Kier alpha value is -1.14. The molecule has 98 valence electrons. The Morgan fingerprint density at radius 1 is 1.44 bits per heavy atom. The molecule has 1 amide bonds. The van der Waals surface area contributed by atoms with Gasteiger partial charge in [-0.3, -0.25) is 4.79 Å². The second-order valence-corrected chi connectivity index (χ2v) is 6.83. The zero-order chi connectivity index (χ0) is 13.3. The molecule has 1 aromatic carbocycles. The van der Waals surface area contributed by atoms with Crippen LogP contribution >= 0.6 is 11.6 Å². The van der Waals surface area contributed by atoms with E-state index in [9.17, 15) is 17.6 Å². The van der Waals surface area contributed by atoms with Gasteiger partial charge in [-0.2, -0.15) is 0 Å². The first-order valence-electron chi connectivity index (χ1n) is 5.34. The Morgan fingerprint density at radius 2 is 2.17 bits per heavy atom. The number of sulfone groups is 1. The maximum Gasteiger partial charge on any atom is 0.228 e. The fourth-order valence-electron chi connectivity index (χ4n) is 1.84. The van der Waals surface area contributed by atoms with Crippen LogP contribution in [0.2, 0.25) is 5.02 Å². The summed E-state index contributed by atoms with van der Waals surface area (Å²) in [7, 11) is -3.13. The molecule has 1 N–H and O–H groups in total. The van der Waals surface area contributed by atoms with Crippen molar-refractivity contribution in [3.63, 3.8) is 0 Å². The molecule has 0 aromatic heterocycles. The molecule has 7 heteroatoms. The first-order chi connectivity index (χ1) is 8.39. The van der Waals surface area contributed by atoms with Crippen molar-refractivity contribution in [2.24, 2.45) is 5.92 Å². The quantitative estimate of drug-likeness (QED) is 0.904. The molecule has 18 heavy (non-hydrogen) atoms. The van der Waals surface area contributed by atoms with E-state index >= 15 is 0 Å². The summed E-state index contributed by atoms with van der Waals surface area (Å²) in [4.78, 5) is 11.8. The van der Waals surface area contributed by atoms with Crippen LogP contribution in [0.5, 0.6) is 0 Å². The molecule has 0 radical (unpaired) electrons. The number of rotatable bonds is 2. The summed E-state index contributed by atoms with van der Waals surface area (Å²) < 4.78 is 36.0. The summed E-state index contributed by atoms with van der Waals surface area (Å²) in [5, 5.41) is 2.28. The van der Waals surface area contributed by atoms with Crippen molar-refractivity contribution in [3.8, 4) is 0 Å². The summed E-state index contributed by atoms with van der Waals surface area (Å²) in [6.07, 6.45) is 0.274. The van der Waals surface area contributed by atoms with Crippen LogP contribution in [0.1, 0.15) is 6.42 Å². The van der Waals surface area contributed by atoms with E-state index in [1.54, 1.807) is 0 Å². The summed E-state index contributed by atoms with van der Waals surface area (Å²) in [5.41, 5.74) is -0.0307. The zero-order valence-electron chi connectivity index (χ0n) is 9.32. The van der Waals surface area contributed by atoms with E-state index in [4.69, 9.17) is 11.6 Å². The molecule has 0 bridgehead atoms. The van der Waals surface area contributed by atoms with Crippen molar-refractivity contribution in [3.05, 3.63) is 29.0 Å². The van der Waals surface area contributed by atoms with E-state index in [1.807, 2.05) is 0 Å². The number of halogens is 2. The molecule has 1 aliphatic heterocycles. The third-order valence-electron chi connectivity index (χ3n) is 2.81. The Balaban J connectivity index is 2.11. The number of carbonyl (C=O) groups excluding carboxylic acids is 1. The molecular formula is C11H11ClFNO3S. The van der Waals surface area contributed by atoms with Crippen LogP contribution < -0.4 is 5.32 Å². The van der Waals surface area contributed by atoms with Gasteiger partial charge in [0.25, 0.3) is 0 Å². The number of benzene rings is 1. The Kier molecular flexibility index (Phi) is 3.59. The second kappa shape index (κ2) is 4.85. The minimum atomic E-state index is -3.13. The summed E-state index contributed by atoms with van der Waals surface area (Å²) in [6.45, 7) is 0. The van der Waals surface area contributed by atoms with E-state index in [0.29, 0.717) is 0 Å². The van der Waals surface area contributed by atoms with Gasteiger partial charge < -0.3 is 5.32 Å². The van der Waals surface area contributed by atoms with E-state index in [1.165, 1.54) is 18.2 Å². The third kappa shape index (κ3) is 2.81. The summed E-state index contributed by atoms with van der Waals surface area (Å²) >= 11 is 5.58. The van der Waals surface area contributed by atoms with Gasteiger partial charge >= 0.3 is 0 Å². The average Bonchev–Trinajstić information content (AvgIpc) is 2.65. The molecule has 1 heterocycles. The van der Waals surface area contributed by atoms with Crippen molar-refractivity contribution in [1.82, 2.24) is 0 Å². The van der Waals surface area contributed by atoms with Gasteiger partial charge in [-0.1, -0.05) is 17.7 Å². The number of anilines is 1. The molecule has 4 nitrogen and oxygen atoms in total. The van der Waals surface area contributed by atoms with Gasteiger partial charge in [0.2, 0.25) is 5.91 Å². The number of hydrogen-bond acceptors (Lipinski definition) is 3. The first-order valence-corrected chi connectivity index (χ1v) is 7.54. The predicted molar refractivity (Wildman–Crippen MR) is 66.8 cm³/mol. The monoisotopic (exact) mass is 291 g/mol. The highest BCUT2D eigenvalue weighted by atomic mass is 35.5. The standard InChI is InChI=1S/C11H11ClFNO3S/c12-8-2-1-3-9(10(8)13)14-11(15)7-4-5-18(16,17)6-7/h1-3,7H,4-6H2,(H,14,15)/t7-/m1/s1. The minimum absolute atomic E-state index is 0.00309. The van der Waals surface area contributed by atoms with Crippen LogP contribution in [-0.2, 0) is 14.6 Å². The SMILES string of the molecule is O=C(Nc1cccc(Cl)c1F)[C@@H]1CCS(=O)(=O)C1. The summed E-state index contributed by atoms with van der Waals surface area (Å²) in [6, 6.07) is 4.25. The van der Waals surface area contributed by atoms with Gasteiger partial charge in [0.15, 0.2) is 15.7 Å². The lowest BCUT2D eigenvalue weighted by atomic mass is 10.1. The Morgan fingerprint density at radius 3 is 2.78 bits per heavy atom. The van der Waals surface area contributed by atoms with E-state index in [2.05, 4.69) is 5.32 Å². The van der Waals surface area contributed by atoms with Crippen LogP contribution in [-0.4, -0.2) is 25.8 Å². The lowest BCUT2D eigenvalue weighted by Gasteiger charge is -2.10. The number of carbonyl (C=O) groups is 1. The fourth-order valence-corrected chi connectivity index (χ4v) is 3.75. The average molecular weight is 292 g/mol. The molecule has 1 saturated heterocycles. The fraction of sp³-hybridized carbons (Fsp3) is 0.364. The van der Waals surface area contributed by atoms with Crippen molar-refractivity contribution in [2.45, 2.75) is 6.42 Å². The largest absolute Gasteiger partial charge is 0.323 e. The lowest BCUT2D eigenvalue weighted by Crippen LogP contribution is -2.24. The van der Waals surface area contributed by atoms with Crippen molar-refractivity contribution in [1.29, 1.82) is 0 Å². The van der Waals surface area contributed by atoms with E-state index in [-0.39, 0.29) is 28.6 Å². The maximum atomic E-state index is 13.5. The molecule has 1 aliphatic rings. The molecule has 0 unspecified atom stereocenters. The number of nitrogens with one attached hydrogen (secondary N) is 1. The number of amides is 1. The highest BCUT2D eigenvalue weighted by Crippen LogP contribution is 2.24. The van der Waals surface area contributed by atoms with Gasteiger partial charge in [-0.25, -0.2) is 12.8 Å². The molecule has 1 fully saturated rings. The minimum Gasteiger partial charge on any atom is -0.323 e. The molecule has 0 spiro atoms. The predicted octanol–water partition coefficient (Wildman–Crippen LogP) is 1.85. The van der Waals surface area contributed by atoms with E-state index in [0.717, 1.165) is 0 Å².